The van der Waals surface area contributed by atoms with Crippen molar-refractivity contribution in [2.75, 3.05) is 0 Å². The molecule has 1 atom stereocenters. The van der Waals surface area contributed by atoms with Crippen molar-refractivity contribution in [3.05, 3.63) is 65.7 Å². The van der Waals surface area contributed by atoms with E-state index >= 15 is 0 Å². The van der Waals surface area contributed by atoms with E-state index in [1.807, 2.05) is 0 Å². The minimum Gasteiger partial charge on any atom is -0.478 e. The number of benzene rings is 2. The van der Waals surface area contributed by atoms with E-state index in [4.69, 9.17) is 9.84 Å². The maximum absolute atomic E-state index is 12.8. The average Bonchev–Trinajstić information content (AvgIpc) is 2.39. The topological polar surface area (TPSA) is 46.5 Å². The number of rotatable bonds is 4. The number of carboxylic acids is 1. The molecule has 3 nitrogen and oxygen atoms in total. The highest BCUT2D eigenvalue weighted by atomic mass is 19.1. The summed E-state index contributed by atoms with van der Waals surface area (Å²) in [6.07, 6.45) is -1.27. The van der Waals surface area contributed by atoms with E-state index in [2.05, 4.69) is 0 Å². The van der Waals surface area contributed by atoms with Crippen molar-refractivity contribution in [1.82, 2.24) is 0 Å². The van der Waals surface area contributed by atoms with Crippen molar-refractivity contribution in [3.63, 3.8) is 0 Å². The van der Waals surface area contributed by atoms with Crippen LogP contribution < -0.4 is 4.74 Å². The van der Waals surface area contributed by atoms with Gasteiger partial charge in [0.25, 0.3) is 0 Å². The number of carboxylic acid groups (broad SMARTS) is 1. The Labute approximate surface area is 108 Å². The van der Waals surface area contributed by atoms with E-state index in [1.165, 1.54) is 36.4 Å². The predicted molar refractivity (Wildman–Crippen MR) is 63.8 cm³/mol. The SMILES string of the molecule is O=C(O)[C@@H](Oc1ccc(F)cc1)c1ccc(F)cc1. The summed E-state index contributed by atoms with van der Waals surface area (Å²) in [5.41, 5.74) is 0.304. The van der Waals surface area contributed by atoms with Gasteiger partial charge in [0.2, 0.25) is 6.10 Å². The molecule has 0 heterocycles. The Morgan fingerprint density at radius 1 is 0.947 bits per heavy atom. The maximum atomic E-state index is 12.8. The number of aliphatic carboxylic acids is 1. The van der Waals surface area contributed by atoms with Crippen LogP contribution in [0.2, 0.25) is 0 Å². The third-order valence-electron chi connectivity index (χ3n) is 2.46. The van der Waals surface area contributed by atoms with Crippen LogP contribution in [0.4, 0.5) is 8.78 Å². The van der Waals surface area contributed by atoms with Gasteiger partial charge in [0.15, 0.2) is 0 Å². The molecule has 0 saturated carbocycles. The molecule has 0 fully saturated rings. The third-order valence-corrected chi connectivity index (χ3v) is 2.46. The highest BCUT2D eigenvalue weighted by Gasteiger charge is 2.21. The fraction of sp³-hybridized carbons (Fsp3) is 0.0714. The van der Waals surface area contributed by atoms with Crippen LogP contribution in [0, 0.1) is 11.6 Å². The maximum Gasteiger partial charge on any atom is 0.349 e. The highest BCUT2D eigenvalue weighted by molar-refractivity contribution is 5.74. The normalized spacial score (nSPS) is 11.9. The molecule has 2 rings (SSSR count). The highest BCUT2D eigenvalue weighted by Crippen LogP contribution is 2.22. The van der Waals surface area contributed by atoms with Crippen LogP contribution in [-0.4, -0.2) is 11.1 Å². The van der Waals surface area contributed by atoms with Crippen LogP contribution in [0.15, 0.2) is 48.5 Å². The minimum atomic E-state index is -1.27. The summed E-state index contributed by atoms with van der Waals surface area (Å²) in [6.45, 7) is 0. The molecule has 98 valence electrons. The Morgan fingerprint density at radius 3 is 1.89 bits per heavy atom. The molecule has 5 heteroatoms. The quantitative estimate of drug-likeness (QED) is 0.922. The number of hydrogen-bond donors (Lipinski definition) is 1. The summed E-state index contributed by atoms with van der Waals surface area (Å²) < 4.78 is 30.8. The zero-order chi connectivity index (χ0) is 13.8. The summed E-state index contributed by atoms with van der Waals surface area (Å²) in [4.78, 5) is 11.2. The Kier molecular flexibility index (Phi) is 3.75. The first-order chi connectivity index (χ1) is 9.06. The zero-order valence-corrected chi connectivity index (χ0v) is 9.72. The Balaban J connectivity index is 2.23. The first-order valence-electron chi connectivity index (χ1n) is 5.47. The van der Waals surface area contributed by atoms with Gasteiger partial charge >= 0.3 is 5.97 Å². The van der Waals surface area contributed by atoms with Gasteiger partial charge in [-0.05, 0) is 36.4 Å². The van der Waals surface area contributed by atoms with Gasteiger partial charge in [-0.3, -0.25) is 0 Å². The van der Waals surface area contributed by atoms with Crippen molar-refractivity contribution in [3.8, 4) is 5.75 Å². The lowest BCUT2D eigenvalue weighted by atomic mass is 10.1. The summed E-state index contributed by atoms with van der Waals surface area (Å²) in [5.74, 6) is -1.90. The zero-order valence-electron chi connectivity index (χ0n) is 9.72. The molecule has 0 aromatic heterocycles. The van der Waals surface area contributed by atoms with Gasteiger partial charge in [-0.15, -0.1) is 0 Å². The molecule has 0 aliphatic rings. The Hall–Kier alpha value is -2.43. The lowest BCUT2D eigenvalue weighted by molar-refractivity contribution is -0.145. The second-order valence-electron chi connectivity index (χ2n) is 3.84. The molecular formula is C14H10F2O3. The Bertz CT molecular complexity index is 564. The number of ether oxygens (including phenoxy) is 1. The molecule has 19 heavy (non-hydrogen) atoms. The smallest absolute Gasteiger partial charge is 0.349 e. The lowest BCUT2D eigenvalue weighted by Gasteiger charge is -2.15. The summed E-state index contributed by atoms with van der Waals surface area (Å²) in [5, 5.41) is 9.12. The molecule has 0 amide bonds. The van der Waals surface area contributed by atoms with Gasteiger partial charge in [-0.25, -0.2) is 13.6 Å². The molecule has 0 spiro atoms. The van der Waals surface area contributed by atoms with E-state index in [1.54, 1.807) is 0 Å². The molecule has 0 unspecified atom stereocenters. The van der Waals surface area contributed by atoms with Crippen molar-refractivity contribution < 1.29 is 23.4 Å². The van der Waals surface area contributed by atoms with E-state index in [0.29, 0.717) is 5.56 Å². The predicted octanol–water partition coefficient (Wildman–Crippen LogP) is 3.17. The van der Waals surface area contributed by atoms with Gasteiger partial charge < -0.3 is 9.84 Å². The van der Waals surface area contributed by atoms with Crippen molar-refractivity contribution in [1.29, 1.82) is 0 Å². The molecule has 2 aromatic carbocycles. The monoisotopic (exact) mass is 264 g/mol. The molecule has 0 saturated heterocycles. The van der Waals surface area contributed by atoms with Crippen LogP contribution in [-0.2, 0) is 4.79 Å². The lowest BCUT2D eigenvalue weighted by Crippen LogP contribution is -2.18. The van der Waals surface area contributed by atoms with E-state index in [-0.39, 0.29) is 5.75 Å². The van der Waals surface area contributed by atoms with E-state index < -0.39 is 23.7 Å². The Morgan fingerprint density at radius 2 is 1.42 bits per heavy atom. The second kappa shape index (κ2) is 5.48. The van der Waals surface area contributed by atoms with Crippen LogP contribution in [0.3, 0.4) is 0 Å². The minimum absolute atomic E-state index is 0.220. The molecule has 2 aromatic rings. The van der Waals surface area contributed by atoms with Gasteiger partial charge in [0.05, 0.1) is 0 Å². The second-order valence-corrected chi connectivity index (χ2v) is 3.84. The summed E-state index contributed by atoms with van der Waals surface area (Å²) >= 11 is 0. The van der Waals surface area contributed by atoms with Crippen LogP contribution in [0.25, 0.3) is 0 Å². The third kappa shape index (κ3) is 3.28. The van der Waals surface area contributed by atoms with Crippen molar-refractivity contribution >= 4 is 5.97 Å². The summed E-state index contributed by atoms with van der Waals surface area (Å²) in [6, 6.07) is 9.95. The fourth-order valence-electron chi connectivity index (χ4n) is 1.55. The van der Waals surface area contributed by atoms with Gasteiger partial charge in [0, 0.05) is 5.56 Å². The summed E-state index contributed by atoms with van der Waals surface area (Å²) in [7, 11) is 0. The van der Waals surface area contributed by atoms with E-state index in [9.17, 15) is 13.6 Å². The molecular weight excluding hydrogens is 254 g/mol. The largest absolute Gasteiger partial charge is 0.478 e. The number of halogens is 2. The van der Waals surface area contributed by atoms with Crippen LogP contribution in [0.5, 0.6) is 5.75 Å². The standard InChI is InChI=1S/C14H10F2O3/c15-10-3-1-9(2-4-10)13(14(17)18)19-12-7-5-11(16)6-8-12/h1-8,13H,(H,17,18)/t13-/m0/s1. The van der Waals surface area contributed by atoms with Gasteiger partial charge in [-0.1, -0.05) is 12.1 Å². The molecule has 0 bridgehead atoms. The number of hydrogen-bond acceptors (Lipinski definition) is 2. The van der Waals surface area contributed by atoms with Crippen LogP contribution >= 0.6 is 0 Å². The first kappa shape index (κ1) is 13.0. The fourth-order valence-corrected chi connectivity index (χ4v) is 1.55. The molecule has 0 aliphatic carbocycles. The van der Waals surface area contributed by atoms with Gasteiger partial charge in [-0.2, -0.15) is 0 Å². The van der Waals surface area contributed by atoms with Crippen molar-refractivity contribution in [2.24, 2.45) is 0 Å². The van der Waals surface area contributed by atoms with Crippen molar-refractivity contribution in [2.45, 2.75) is 6.10 Å². The molecule has 0 aliphatic heterocycles. The molecule has 1 N–H and O–H groups in total. The molecule has 0 radical (unpaired) electrons. The van der Waals surface area contributed by atoms with E-state index in [0.717, 1.165) is 12.1 Å². The van der Waals surface area contributed by atoms with Crippen LogP contribution in [0.1, 0.15) is 11.7 Å². The number of carbonyl (C=O) groups is 1. The average molecular weight is 264 g/mol. The van der Waals surface area contributed by atoms with Gasteiger partial charge in [0.1, 0.15) is 17.4 Å². The first-order valence-corrected chi connectivity index (χ1v) is 5.47.